The van der Waals surface area contributed by atoms with E-state index in [1.807, 2.05) is 31.2 Å². The lowest BCUT2D eigenvalue weighted by Gasteiger charge is -2.56. The number of hydrogen-bond acceptors (Lipinski definition) is 5. The molecule has 0 radical (unpaired) electrons. The second-order valence-electron chi connectivity index (χ2n) is 9.13. The fraction of sp³-hybridized carbons (Fsp3) is 0.571. The zero-order valence-corrected chi connectivity index (χ0v) is 16.2. The molecule has 0 unspecified atom stereocenters. The van der Waals surface area contributed by atoms with Crippen LogP contribution in [0.3, 0.4) is 0 Å². The molecule has 1 N–H and O–H groups in total. The maximum atomic E-state index is 12.7. The van der Waals surface area contributed by atoms with Crippen molar-refractivity contribution >= 4 is 11.6 Å². The van der Waals surface area contributed by atoms with Crippen LogP contribution in [-0.4, -0.2) is 31.8 Å². The molecule has 28 heavy (non-hydrogen) atoms. The summed E-state index contributed by atoms with van der Waals surface area (Å²) < 4.78 is 1.60. The summed E-state index contributed by atoms with van der Waals surface area (Å²) in [5.41, 5.74) is 5.61. The zero-order valence-electron chi connectivity index (χ0n) is 16.2. The van der Waals surface area contributed by atoms with Crippen molar-refractivity contribution in [1.29, 1.82) is 0 Å². The van der Waals surface area contributed by atoms with Gasteiger partial charge in [0, 0.05) is 6.42 Å². The Bertz CT molecular complexity index is 868. The molecule has 4 saturated carbocycles. The van der Waals surface area contributed by atoms with Gasteiger partial charge >= 0.3 is 0 Å². The van der Waals surface area contributed by atoms with Gasteiger partial charge in [-0.3, -0.25) is 4.79 Å². The number of aromatic nitrogens is 4. The normalized spacial score (nSPS) is 31.2. The van der Waals surface area contributed by atoms with E-state index >= 15 is 0 Å². The third-order valence-corrected chi connectivity index (χ3v) is 6.93. The van der Waals surface area contributed by atoms with Crippen molar-refractivity contribution in [1.82, 2.24) is 25.6 Å². The first-order chi connectivity index (χ1) is 13.6. The number of nitrogens with one attached hydrogen (secondary N) is 1. The molecule has 146 valence electrons. The van der Waals surface area contributed by atoms with Crippen molar-refractivity contribution in [2.24, 2.45) is 28.3 Å². The van der Waals surface area contributed by atoms with Gasteiger partial charge in [0.1, 0.15) is 6.33 Å². The van der Waals surface area contributed by atoms with Crippen LogP contribution in [0.15, 0.2) is 35.7 Å². The molecule has 4 aliphatic carbocycles. The topological polar surface area (TPSA) is 85.1 Å². The fourth-order valence-corrected chi connectivity index (χ4v) is 6.25. The highest BCUT2D eigenvalue weighted by Gasteiger charge is 2.51. The fourth-order valence-electron chi connectivity index (χ4n) is 6.25. The first-order valence-electron chi connectivity index (χ1n) is 10.3. The standard InChI is InChI=1S/C21H26N6O/c1-14(18-3-2-4-19(8-18)27-13-22-25-26-27)23-24-20(28)12-21-9-15-5-16(10-21)7-17(6-15)11-21/h2-4,8,13,15-17H,5-7,9-12H2,1H3,(H,24,28)/b23-14-. The molecule has 4 bridgehead atoms. The molecule has 1 heterocycles. The SMILES string of the molecule is C/C(=N/NC(=O)CC12CC3CC(CC(C3)C1)C2)c1cccc(-n2cnnn2)c1. The molecule has 0 saturated heterocycles. The monoisotopic (exact) mass is 378 g/mol. The molecule has 2 aromatic rings. The van der Waals surface area contributed by atoms with E-state index in [1.54, 1.807) is 11.0 Å². The minimum atomic E-state index is 0.0536. The van der Waals surface area contributed by atoms with E-state index in [-0.39, 0.29) is 11.3 Å². The van der Waals surface area contributed by atoms with E-state index in [9.17, 15) is 4.79 Å². The number of amides is 1. The summed E-state index contributed by atoms with van der Waals surface area (Å²) in [6, 6.07) is 7.79. The second kappa shape index (κ2) is 6.79. The summed E-state index contributed by atoms with van der Waals surface area (Å²) in [6.07, 6.45) is 10.1. The molecule has 7 heteroatoms. The predicted octanol–water partition coefficient (Wildman–Crippen LogP) is 3.11. The van der Waals surface area contributed by atoms with Crippen LogP contribution >= 0.6 is 0 Å². The van der Waals surface area contributed by atoms with Gasteiger partial charge in [-0.1, -0.05) is 12.1 Å². The second-order valence-corrected chi connectivity index (χ2v) is 9.13. The predicted molar refractivity (Wildman–Crippen MR) is 105 cm³/mol. The van der Waals surface area contributed by atoms with Crippen molar-refractivity contribution in [2.75, 3.05) is 0 Å². The minimum Gasteiger partial charge on any atom is -0.273 e. The average Bonchev–Trinajstić information content (AvgIpc) is 3.19. The lowest BCUT2D eigenvalue weighted by atomic mass is 9.49. The van der Waals surface area contributed by atoms with Gasteiger partial charge in [-0.15, -0.1) is 5.10 Å². The highest BCUT2D eigenvalue weighted by molar-refractivity contribution is 5.99. The summed E-state index contributed by atoms with van der Waals surface area (Å²) in [5.74, 6) is 2.63. The highest BCUT2D eigenvalue weighted by atomic mass is 16.2. The molecule has 4 fully saturated rings. The van der Waals surface area contributed by atoms with Crippen LogP contribution in [0.5, 0.6) is 0 Å². The molecule has 6 rings (SSSR count). The Morgan fingerprint density at radius 3 is 2.57 bits per heavy atom. The number of hydrogen-bond donors (Lipinski definition) is 1. The number of hydrazone groups is 1. The van der Waals surface area contributed by atoms with Crippen molar-refractivity contribution in [3.63, 3.8) is 0 Å². The first kappa shape index (κ1) is 17.5. The number of tetrazole rings is 1. The minimum absolute atomic E-state index is 0.0536. The van der Waals surface area contributed by atoms with Gasteiger partial charge in [-0.05, 0) is 96.7 Å². The Labute approximate surface area is 164 Å². The maximum Gasteiger partial charge on any atom is 0.240 e. The average molecular weight is 378 g/mol. The number of carbonyl (C=O) groups excluding carboxylic acids is 1. The lowest BCUT2D eigenvalue weighted by Crippen LogP contribution is -2.47. The van der Waals surface area contributed by atoms with Gasteiger partial charge in [-0.25, -0.2) is 10.1 Å². The molecular weight excluding hydrogens is 352 g/mol. The van der Waals surface area contributed by atoms with Crippen LogP contribution in [0.2, 0.25) is 0 Å². The van der Waals surface area contributed by atoms with Gasteiger partial charge < -0.3 is 0 Å². The molecule has 0 spiro atoms. The van der Waals surface area contributed by atoms with Gasteiger partial charge in [0.25, 0.3) is 0 Å². The summed E-state index contributed by atoms with van der Waals surface area (Å²) in [5, 5.41) is 15.6. The Morgan fingerprint density at radius 2 is 1.93 bits per heavy atom. The van der Waals surface area contributed by atoms with E-state index in [4.69, 9.17) is 0 Å². The van der Waals surface area contributed by atoms with Crippen molar-refractivity contribution in [3.05, 3.63) is 36.2 Å². The largest absolute Gasteiger partial charge is 0.273 e. The Balaban J connectivity index is 1.25. The maximum absolute atomic E-state index is 12.7. The molecule has 1 amide bonds. The highest BCUT2D eigenvalue weighted by Crippen LogP contribution is 2.61. The molecular formula is C21H26N6O. The van der Waals surface area contributed by atoms with Crippen LogP contribution in [0.25, 0.3) is 5.69 Å². The summed E-state index contributed by atoms with van der Waals surface area (Å²) in [6.45, 7) is 1.91. The van der Waals surface area contributed by atoms with Gasteiger partial charge in [0.15, 0.2) is 0 Å². The zero-order chi connectivity index (χ0) is 19.1. The number of carbonyl (C=O) groups is 1. The van der Waals surface area contributed by atoms with E-state index in [0.29, 0.717) is 6.42 Å². The van der Waals surface area contributed by atoms with E-state index in [0.717, 1.165) is 34.7 Å². The Morgan fingerprint density at radius 1 is 1.21 bits per heavy atom. The van der Waals surface area contributed by atoms with Crippen molar-refractivity contribution in [3.8, 4) is 5.69 Å². The summed E-state index contributed by atoms with van der Waals surface area (Å²) in [7, 11) is 0. The van der Waals surface area contributed by atoms with Crippen LogP contribution in [0, 0.1) is 23.2 Å². The van der Waals surface area contributed by atoms with Crippen LogP contribution in [-0.2, 0) is 4.79 Å². The molecule has 1 aromatic heterocycles. The number of rotatable bonds is 5. The molecule has 7 nitrogen and oxygen atoms in total. The summed E-state index contributed by atoms with van der Waals surface area (Å²) >= 11 is 0. The molecule has 0 atom stereocenters. The van der Waals surface area contributed by atoms with E-state index in [2.05, 4.69) is 26.1 Å². The number of nitrogens with zero attached hydrogens (tertiary/aromatic N) is 5. The van der Waals surface area contributed by atoms with Crippen molar-refractivity contribution < 1.29 is 4.79 Å². The molecule has 4 aliphatic rings. The molecule has 1 aromatic carbocycles. The molecule has 0 aliphatic heterocycles. The van der Waals surface area contributed by atoms with Crippen LogP contribution in [0.1, 0.15) is 57.4 Å². The Kier molecular flexibility index (Phi) is 4.25. The van der Waals surface area contributed by atoms with E-state index in [1.165, 1.54) is 38.5 Å². The first-order valence-corrected chi connectivity index (χ1v) is 10.3. The van der Waals surface area contributed by atoms with E-state index < -0.39 is 0 Å². The van der Waals surface area contributed by atoms with Crippen LogP contribution in [0.4, 0.5) is 0 Å². The van der Waals surface area contributed by atoms with Crippen molar-refractivity contribution in [2.45, 2.75) is 51.9 Å². The smallest absolute Gasteiger partial charge is 0.240 e. The van der Waals surface area contributed by atoms with Gasteiger partial charge in [0.2, 0.25) is 5.91 Å². The quantitative estimate of drug-likeness (QED) is 0.640. The number of benzene rings is 1. The third kappa shape index (κ3) is 3.34. The summed E-state index contributed by atoms with van der Waals surface area (Å²) in [4.78, 5) is 12.7. The van der Waals surface area contributed by atoms with Crippen LogP contribution < -0.4 is 5.43 Å². The third-order valence-electron chi connectivity index (χ3n) is 6.93. The lowest BCUT2D eigenvalue weighted by molar-refractivity contribution is -0.129. The van der Waals surface area contributed by atoms with Gasteiger partial charge in [-0.2, -0.15) is 5.10 Å². The van der Waals surface area contributed by atoms with Gasteiger partial charge in [0.05, 0.1) is 11.4 Å². The Hall–Kier alpha value is -2.57.